The summed E-state index contributed by atoms with van der Waals surface area (Å²) >= 11 is 0. The van der Waals surface area contributed by atoms with Crippen LogP contribution in [0.15, 0.2) is 97.1 Å². The Morgan fingerprint density at radius 3 is 1.14 bits per heavy atom. The molecule has 0 saturated heterocycles. The number of benzene rings is 6. The van der Waals surface area contributed by atoms with Gasteiger partial charge in [0.2, 0.25) is 0 Å². The van der Waals surface area contributed by atoms with Crippen LogP contribution >= 0.6 is 0 Å². The second-order valence-electron chi connectivity index (χ2n) is 15.8. The first-order valence-corrected chi connectivity index (χ1v) is 16.3. The topological polar surface area (TPSA) is 0 Å². The van der Waals surface area contributed by atoms with E-state index in [9.17, 15) is 0 Å². The standard InChI is InChI=1S/C44H40/c1-41(2)33-19-17-25-13-9-11-15-27(25)39(33)31-21-29-30-22-32-36(24-38(30)44(7,8)43(5,6)37(29)23-35(31)41)42(3,4)34-20-18-26-14-10-12-16-28(26)40(32)34/h9-24H,1-8H3. The van der Waals surface area contributed by atoms with Crippen LogP contribution in [0.5, 0.6) is 0 Å². The van der Waals surface area contributed by atoms with E-state index >= 15 is 0 Å². The van der Waals surface area contributed by atoms with E-state index in [-0.39, 0.29) is 21.7 Å². The minimum atomic E-state index is -0.0515. The average molecular weight is 569 g/mol. The molecule has 0 spiro atoms. The highest BCUT2D eigenvalue weighted by molar-refractivity contribution is 6.06. The maximum absolute atomic E-state index is 2.60. The molecule has 0 heterocycles. The van der Waals surface area contributed by atoms with Crippen LogP contribution in [0, 0.1) is 0 Å². The largest absolute Gasteiger partial charge is 0.0616 e. The highest BCUT2D eigenvalue weighted by Crippen LogP contribution is 2.61. The van der Waals surface area contributed by atoms with Crippen LogP contribution in [0.3, 0.4) is 0 Å². The van der Waals surface area contributed by atoms with E-state index in [1.807, 2.05) is 0 Å². The van der Waals surface area contributed by atoms with Gasteiger partial charge in [-0.25, -0.2) is 0 Å². The molecule has 0 amide bonds. The molecule has 216 valence electrons. The summed E-state index contributed by atoms with van der Waals surface area (Å²) in [6.45, 7) is 19.6. The Hall–Kier alpha value is -4.16. The Labute approximate surface area is 261 Å². The van der Waals surface area contributed by atoms with Crippen molar-refractivity contribution in [2.24, 2.45) is 0 Å². The fourth-order valence-electron chi connectivity index (χ4n) is 9.26. The molecule has 0 bridgehead atoms. The zero-order chi connectivity index (χ0) is 30.6. The first kappa shape index (κ1) is 26.3. The molecule has 0 unspecified atom stereocenters. The fraction of sp³-hybridized carbons (Fsp3) is 0.273. The third kappa shape index (κ3) is 2.91. The smallest absolute Gasteiger partial charge is 0.0159 e. The third-order valence-electron chi connectivity index (χ3n) is 12.6. The molecule has 44 heavy (non-hydrogen) atoms. The summed E-state index contributed by atoms with van der Waals surface area (Å²) < 4.78 is 0. The fourth-order valence-corrected chi connectivity index (χ4v) is 9.26. The molecule has 3 aliphatic rings. The average Bonchev–Trinajstić information content (AvgIpc) is 3.38. The molecular formula is C44H40. The van der Waals surface area contributed by atoms with Crippen LogP contribution in [0.1, 0.15) is 88.8 Å². The summed E-state index contributed by atoms with van der Waals surface area (Å²) in [6, 6.07) is 37.6. The summed E-state index contributed by atoms with van der Waals surface area (Å²) in [6.07, 6.45) is 0. The van der Waals surface area contributed by atoms with Gasteiger partial charge < -0.3 is 0 Å². The van der Waals surface area contributed by atoms with Gasteiger partial charge in [0.15, 0.2) is 0 Å². The van der Waals surface area contributed by atoms with Gasteiger partial charge in [-0.05, 0) is 111 Å². The highest BCUT2D eigenvalue weighted by atomic mass is 14.5. The van der Waals surface area contributed by atoms with Gasteiger partial charge in [0.1, 0.15) is 0 Å². The van der Waals surface area contributed by atoms with Crippen molar-refractivity contribution in [2.75, 3.05) is 0 Å². The quantitative estimate of drug-likeness (QED) is 0.171. The molecule has 6 aromatic carbocycles. The molecule has 0 saturated carbocycles. The van der Waals surface area contributed by atoms with E-state index in [0.29, 0.717) is 0 Å². The molecule has 0 radical (unpaired) electrons. The van der Waals surface area contributed by atoms with Crippen LogP contribution in [0.2, 0.25) is 0 Å². The summed E-state index contributed by atoms with van der Waals surface area (Å²) in [5, 5.41) is 5.36. The zero-order valence-electron chi connectivity index (χ0n) is 27.2. The van der Waals surface area contributed by atoms with Crippen molar-refractivity contribution in [2.45, 2.75) is 77.0 Å². The molecule has 0 nitrogen and oxygen atoms in total. The second kappa shape index (κ2) is 7.91. The zero-order valence-corrected chi connectivity index (χ0v) is 27.2. The molecule has 0 fully saturated rings. The van der Waals surface area contributed by atoms with Crippen LogP contribution in [-0.4, -0.2) is 0 Å². The molecule has 0 heteroatoms. The minimum absolute atomic E-state index is 0.0478. The van der Waals surface area contributed by atoms with E-state index in [1.54, 1.807) is 0 Å². The lowest BCUT2D eigenvalue weighted by Gasteiger charge is -2.49. The van der Waals surface area contributed by atoms with Crippen LogP contribution in [0.4, 0.5) is 0 Å². The Bertz CT molecular complexity index is 2100. The van der Waals surface area contributed by atoms with E-state index in [0.717, 1.165) is 0 Å². The predicted octanol–water partition coefficient (Wildman–Crippen LogP) is 11.8. The summed E-state index contributed by atoms with van der Waals surface area (Å²) in [5.41, 5.74) is 17.1. The van der Waals surface area contributed by atoms with Crippen molar-refractivity contribution < 1.29 is 0 Å². The first-order valence-electron chi connectivity index (χ1n) is 16.3. The Morgan fingerprint density at radius 2 is 0.727 bits per heavy atom. The lowest BCUT2D eigenvalue weighted by atomic mass is 9.54. The van der Waals surface area contributed by atoms with E-state index in [2.05, 4.69) is 152 Å². The third-order valence-corrected chi connectivity index (χ3v) is 12.6. The Kier molecular flexibility index (Phi) is 4.72. The number of fused-ring (bicyclic) bond motifs is 13. The van der Waals surface area contributed by atoms with Gasteiger partial charge in [0.05, 0.1) is 0 Å². The summed E-state index contributed by atoms with van der Waals surface area (Å²) in [5.74, 6) is 0. The normalized spacial score (nSPS) is 18.7. The maximum atomic E-state index is 2.60. The van der Waals surface area contributed by atoms with E-state index in [1.165, 1.54) is 88.3 Å². The highest BCUT2D eigenvalue weighted by Gasteiger charge is 2.49. The van der Waals surface area contributed by atoms with Crippen LogP contribution in [0.25, 0.3) is 54.9 Å². The SMILES string of the molecule is CC1(C)c2cc3c(cc2-c2c1ccc1ccccc21)-c1cc2c(cc1C(C)(C)C3(C)C)C(C)(C)c1ccc3ccccc3c1-2. The van der Waals surface area contributed by atoms with Crippen LogP contribution < -0.4 is 0 Å². The van der Waals surface area contributed by atoms with Crippen molar-refractivity contribution in [3.05, 3.63) is 130 Å². The van der Waals surface area contributed by atoms with Crippen molar-refractivity contribution in [3.63, 3.8) is 0 Å². The van der Waals surface area contributed by atoms with E-state index in [4.69, 9.17) is 0 Å². The molecule has 6 aromatic rings. The van der Waals surface area contributed by atoms with Gasteiger partial charge in [0, 0.05) is 10.8 Å². The van der Waals surface area contributed by atoms with Gasteiger partial charge in [-0.2, -0.15) is 0 Å². The Balaban J connectivity index is 1.40. The molecular weight excluding hydrogens is 528 g/mol. The Morgan fingerprint density at radius 1 is 0.341 bits per heavy atom. The lowest BCUT2D eigenvalue weighted by molar-refractivity contribution is 0.298. The van der Waals surface area contributed by atoms with Crippen LogP contribution in [-0.2, 0) is 21.7 Å². The molecule has 0 N–H and O–H groups in total. The van der Waals surface area contributed by atoms with E-state index < -0.39 is 0 Å². The molecule has 0 aromatic heterocycles. The number of hydrogen-bond acceptors (Lipinski definition) is 0. The minimum Gasteiger partial charge on any atom is -0.0616 e. The van der Waals surface area contributed by atoms with Gasteiger partial charge in [0.25, 0.3) is 0 Å². The number of rotatable bonds is 0. The van der Waals surface area contributed by atoms with Crippen molar-refractivity contribution in [1.29, 1.82) is 0 Å². The molecule has 0 aliphatic heterocycles. The van der Waals surface area contributed by atoms with Crippen molar-refractivity contribution in [3.8, 4) is 33.4 Å². The van der Waals surface area contributed by atoms with Gasteiger partial charge in [-0.3, -0.25) is 0 Å². The summed E-state index contributed by atoms with van der Waals surface area (Å²) in [7, 11) is 0. The van der Waals surface area contributed by atoms with Gasteiger partial charge in [-0.15, -0.1) is 0 Å². The van der Waals surface area contributed by atoms with Crippen molar-refractivity contribution in [1.82, 2.24) is 0 Å². The van der Waals surface area contributed by atoms with Gasteiger partial charge >= 0.3 is 0 Å². The molecule has 0 atom stereocenters. The predicted molar refractivity (Wildman–Crippen MR) is 188 cm³/mol. The van der Waals surface area contributed by atoms with Crippen molar-refractivity contribution >= 4 is 21.5 Å². The first-order chi connectivity index (χ1) is 20.8. The maximum Gasteiger partial charge on any atom is 0.0159 e. The number of hydrogen-bond donors (Lipinski definition) is 0. The molecule has 9 rings (SSSR count). The molecule has 3 aliphatic carbocycles. The second-order valence-corrected chi connectivity index (χ2v) is 15.8. The summed E-state index contributed by atoms with van der Waals surface area (Å²) in [4.78, 5) is 0. The monoisotopic (exact) mass is 568 g/mol. The van der Waals surface area contributed by atoms with Gasteiger partial charge in [-0.1, -0.05) is 140 Å². The lowest BCUT2D eigenvalue weighted by Crippen LogP contribution is -2.44.